The summed E-state index contributed by atoms with van der Waals surface area (Å²) in [5.74, 6) is 0.0186. The summed E-state index contributed by atoms with van der Waals surface area (Å²) in [6.07, 6.45) is 4.34. The first kappa shape index (κ1) is 15.6. The second kappa shape index (κ2) is 6.42. The van der Waals surface area contributed by atoms with Gasteiger partial charge in [0.25, 0.3) is 5.91 Å². The maximum atomic E-state index is 12.8. The van der Waals surface area contributed by atoms with Crippen LogP contribution in [0, 0.1) is 6.92 Å². The number of hydrogen-bond donors (Lipinski definition) is 1. The van der Waals surface area contributed by atoms with Gasteiger partial charge in [0.2, 0.25) is 0 Å². The number of halogens is 1. The number of H-pyrrole nitrogens is 1. The first-order chi connectivity index (χ1) is 11.1. The lowest BCUT2D eigenvalue weighted by atomic mass is 10.1. The minimum absolute atomic E-state index is 0.0186. The van der Waals surface area contributed by atoms with E-state index in [1.807, 2.05) is 44.3 Å². The van der Waals surface area contributed by atoms with Crippen molar-refractivity contribution in [3.05, 3.63) is 64.6 Å². The van der Waals surface area contributed by atoms with Gasteiger partial charge >= 0.3 is 0 Å². The van der Waals surface area contributed by atoms with Crippen molar-refractivity contribution in [2.24, 2.45) is 0 Å². The molecule has 1 N–H and O–H groups in total. The lowest BCUT2D eigenvalue weighted by Gasteiger charge is -2.17. The number of hydrogen-bond acceptors (Lipinski definition) is 2. The van der Waals surface area contributed by atoms with Crippen LogP contribution in [0.4, 0.5) is 0 Å². The Morgan fingerprint density at radius 2 is 2.00 bits per heavy atom. The van der Waals surface area contributed by atoms with Crippen LogP contribution in [-0.4, -0.2) is 34.4 Å². The highest BCUT2D eigenvalue weighted by molar-refractivity contribution is 6.31. The molecule has 1 amide bonds. The van der Waals surface area contributed by atoms with Crippen LogP contribution in [0.2, 0.25) is 5.02 Å². The summed E-state index contributed by atoms with van der Waals surface area (Å²) in [5, 5.41) is 1.57. The predicted molar refractivity (Wildman–Crippen MR) is 92.9 cm³/mol. The van der Waals surface area contributed by atoms with Crippen molar-refractivity contribution in [1.29, 1.82) is 0 Å². The molecule has 1 aromatic carbocycles. The van der Waals surface area contributed by atoms with Crippen molar-refractivity contribution in [2.45, 2.75) is 13.3 Å². The molecule has 0 aliphatic heterocycles. The number of carbonyl (C=O) groups excluding carboxylic acids is 1. The van der Waals surface area contributed by atoms with Crippen molar-refractivity contribution in [3.63, 3.8) is 0 Å². The summed E-state index contributed by atoms with van der Waals surface area (Å²) in [4.78, 5) is 21.8. The smallest absolute Gasteiger partial charge is 0.256 e. The molecular formula is C18H18ClN3O. The normalized spacial score (nSPS) is 10.9. The standard InChI is InChI=1S/C18H18ClN3O/c1-12-17(15-4-3-14(19)11-16(15)21-12)18(23)22(2)10-7-13-5-8-20-9-6-13/h3-6,8-9,11,21H,7,10H2,1-2H3. The van der Waals surface area contributed by atoms with Gasteiger partial charge in [-0.3, -0.25) is 9.78 Å². The lowest BCUT2D eigenvalue weighted by Crippen LogP contribution is -2.29. The zero-order valence-corrected chi connectivity index (χ0v) is 13.9. The monoisotopic (exact) mass is 327 g/mol. The second-order valence-corrected chi connectivity index (χ2v) is 6.08. The molecule has 0 aliphatic carbocycles. The molecular weight excluding hydrogens is 310 g/mol. The fourth-order valence-corrected chi connectivity index (χ4v) is 2.89. The summed E-state index contributed by atoms with van der Waals surface area (Å²) in [5.41, 5.74) is 3.64. The number of carbonyl (C=O) groups is 1. The van der Waals surface area contributed by atoms with E-state index in [0.29, 0.717) is 17.1 Å². The number of benzene rings is 1. The van der Waals surface area contributed by atoms with Gasteiger partial charge in [0.1, 0.15) is 0 Å². The summed E-state index contributed by atoms with van der Waals surface area (Å²) < 4.78 is 0. The van der Waals surface area contributed by atoms with Crippen LogP contribution in [0.3, 0.4) is 0 Å². The Labute approximate surface area is 140 Å². The molecule has 0 bridgehead atoms. The van der Waals surface area contributed by atoms with Gasteiger partial charge in [-0.05, 0) is 43.2 Å². The lowest BCUT2D eigenvalue weighted by molar-refractivity contribution is 0.0798. The van der Waals surface area contributed by atoms with E-state index in [4.69, 9.17) is 11.6 Å². The maximum absolute atomic E-state index is 12.8. The topological polar surface area (TPSA) is 49.0 Å². The van der Waals surface area contributed by atoms with Crippen LogP contribution in [0.25, 0.3) is 10.9 Å². The first-order valence-corrected chi connectivity index (χ1v) is 7.86. The highest BCUT2D eigenvalue weighted by Gasteiger charge is 2.19. The molecule has 0 spiro atoms. The van der Waals surface area contributed by atoms with Gasteiger partial charge in [0.15, 0.2) is 0 Å². The Morgan fingerprint density at radius 3 is 2.74 bits per heavy atom. The Bertz CT molecular complexity index is 842. The van der Waals surface area contributed by atoms with E-state index < -0.39 is 0 Å². The number of amides is 1. The Kier molecular flexibility index (Phi) is 4.35. The third kappa shape index (κ3) is 3.22. The average molecular weight is 328 g/mol. The molecule has 0 unspecified atom stereocenters. The van der Waals surface area contributed by atoms with Crippen LogP contribution < -0.4 is 0 Å². The zero-order valence-electron chi connectivity index (χ0n) is 13.1. The minimum atomic E-state index is 0.0186. The molecule has 2 heterocycles. The van der Waals surface area contributed by atoms with Gasteiger partial charge in [-0.15, -0.1) is 0 Å². The van der Waals surface area contributed by atoms with E-state index in [2.05, 4.69) is 9.97 Å². The predicted octanol–water partition coefficient (Wildman–Crippen LogP) is 3.84. The molecule has 2 aromatic heterocycles. The van der Waals surface area contributed by atoms with Crippen LogP contribution in [-0.2, 0) is 6.42 Å². The van der Waals surface area contributed by atoms with Crippen molar-refractivity contribution in [1.82, 2.24) is 14.9 Å². The fraction of sp³-hybridized carbons (Fsp3) is 0.222. The summed E-state index contributed by atoms with van der Waals surface area (Å²) in [6.45, 7) is 2.57. The molecule has 0 saturated heterocycles. The van der Waals surface area contributed by atoms with E-state index in [0.717, 1.165) is 23.0 Å². The summed E-state index contributed by atoms with van der Waals surface area (Å²) in [7, 11) is 1.83. The number of pyridine rings is 1. The van der Waals surface area contributed by atoms with Gasteiger partial charge in [0.05, 0.1) is 5.56 Å². The van der Waals surface area contributed by atoms with Crippen molar-refractivity contribution < 1.29 is 4.79 Å². The number of aromatic nitrogens is 2. The SMILES string of the molecule is Cc1[nH]c2cc(Cl)ccc2c1C(=O)N(C)CCc1ccncc1. The first-order valence-electron chi connectivity index (χ1n) is 7.48. The largest absolute Gasteiger partial charge is 0.358 e. The highest BCUT2D eigenvalue weighted by atomic mass is 35.5. The van der Waals surface area contributed by atoms with Crippen molar-refractivity contribution in [2.75, 3.05) is 13.6 Å². The Balaban J connectivity index is 1.81. The number of likely N-dealkylation sites (N-methyl/N-ethyl adjacent to an activating group) is 1. The van der Waals surface area contributed by atoms with E-state index in [1.54, 1.807) is 17.3 Å². The van der Waals surface area contributed by atoms with Gasteiger partial charge in [-0.25, -0.2) is 0 Å². The van der Waals surface area contributed by atoms with Gasteiger partial charge < -0.3 is 9.88 Å². The van der Waals surface area contributed by atoms with Gasteiger partial charge in [-0.1, -0.05) is 17.7 Å². The molecule has 0 fully saturated rings. The summed E-state index contributed by atoms with van der Waals surface area (Å²) in [6, 6.07) is 9.49. The van der Waals surface area contributed by atoms with Crippen LogP contribution in [0.5, 0.6) is 0 Å². The minimum Gasteiger partial charge on any atom is -0.358 e. The average Bonchev–Trinajstić information content (AvgIpc) is 2.87. The third-order valence-electron chi connectivity index (χ3n) is 3.99. The Hall–Kier alpha value is -2.33. The number of nitrogens with one attached hydrogen (secondary N) is 1. The maximum Gasteiger partial charge on any atom is 0.256 e. The molecule has 3 aromatic rings. The van der Waals surface area contributed by atoms with E-state index in [1.165, 1.54) is 5.56 Å². The highest BCUT2D eigenvalue weighted by Crippen LogP contribution is 2.26. The zero-order chi connectivity index (χ0) is 16.4. The van der Waals surface area contributed by atoms with Crippen molar-refractivity contribution in [3.8, 4) is 0 Å². The van der Waals surface area contributed by atoms with Crippen LogP contribution in [0.15, 0.2) is 42.7 Å². The molecule has 0 radical (unpaired) electrons. The fourth-order valence-electron chi connectivity index (χ4n) is 2.72. The molecule has 0 aliphatic rings. The Morgan fingerprint density at radius 1 is 1.26 bits per heavy atom. The quantitative estimate of drug-likeness (QED) is 0.791. The van der Waals surface area contributed by atoms with Crippen molar-refractivity contribution >= 4 is 28.4 Å². The molecule has 23 heavy (non-hydrogen) atoms. The second-order valence-electron chi connectivity index (χ2n) is 5.65. The van der Waals surface area contributed by atoms with Crippen LogP contribution in [0.1, 0.15) is 21.6 Å². The van der Waals surface area contributed by atoms with Crippen LogP contribution >= 0.6 is 11.6 Å². The third-order valence-corrected chi connectivity index (χ3v) is 4.23. The molecule has 0 saturated carbocycles. The number of fused-ring (bicyclic) bond motifs is 1. The molecule has 3 rings (SSSR count). The van der Waals surface area contributed by atoms with E-state index in [9.17, 15) is 4.79 Å². The molecule has 5 heteroatoms. The summed E-state index contributed by atoms with van der Waals surface area (Å²) >= 11 is 6.02. The number of rotatable bonds is 4. The number of aromatic amines is 1. The van der Waals surface area contributed by atoms with E-state index in [-0.39, 0.29) is 5.91 Å². The number of nitrogens with zero attached hydrogens (tertiary/aromatic N) is 2. The van der Waals surface area contributed by atoms with E-state index >= 15 is 0 Å². The van der Waals surface area contributed by atoms with Gasteiger partial charge in [0, 0.05) is 47.6 Å². The molecule has 118 valence electrons. The molecule has 4 nitrogen and oxygen atoms in total. The number of aryl methyl sites for hydroxylation is 1. The molecule has 0 atom stereocenters. The van der Waals surface area contributed by atoms with Gasteiger partial charge in [-0.2, -0.15) is 0 Å².